The molecule has 0 aliphatic carbocycles. The van der Waals surface area contributed by atoms with Crippen LogP contribution in [0.4, 0.5) is 0 Å². The minimum atomic E-state index is 0.252. The maximum atomic E-state index is 6.19. The Morgan fingerprint density at radius 3 is 2.25 bits per heavy atom. The lowest BCUT2D eigenvalue weighted by atomic mass is 9.87. The zero-order valence-corrected chi connectivity index (χ0v) is 11.7. The Morgan fingerprint density at radius 2 is 1.69 bits per heavy atom. The lowest BCUT2D eigenvalue weighted by molar-refractivity contribution is 0.460. The maximum Gasteiger partial charge on any atom is 0.0641 e. The fourth-order valence-electron chi connectivity index (χ4n) is 1.76. The molecule has 0 aliphatic rings. The van der Waals surface area contributed by atoms with Crippen LogP contribution in [0.2, 0.25) is 15.1 Å². The van der Waals surface area contributed by atoms with E-state index < -0.39 is 0 Å². The summed E-state index contributed by atoms with van der Waals surface area (Å²) in [5.74, 6) is 0.681. The van der Waals surface area contributed by atoms with Crippen LogP contribution in [0.25, 0.3) is 0 Å². The van der Waals surface area contributed by atoms with Crippen molar-refractivity contribution >= 4 is 34.8 Å². The summed E-state index contributed by atoms with van der Waals surface area (Å²) in [6.07, 6.45) is 0.945. The molecule has 2 N–H and O–H groups in total. The molecule has 1 aromatic rings. The Hall–Kier alpha value is 0.0500. The first kappa shape index (κ1) is 14.1. The van der Waals surface area contributed by atoms with Gasteiger partial charge in [-0.15, -0.1) is 0 Å². The smallest absolute Gasteiger partial charge is 0.0641 e. The van der Waals surface area contributed by atoms with Crippen LogP contribution in [0.1, 0.15) is 31.7 Å². The van der Waals surface area contributed by atoms with E-state index in [2.05, 4.69) is 13.8 Å². The van der Waals surface area contributed by atoms with Crippen molar-refractivity contribution in [1.82, 2.24) is 0 Å². The summed E-state index contributed by atoms with van der Waals surface area (Å²) in [5.41, 5.74) is 6.49. The van der Waals surface area contributed by atoms with Crippen molar-refractivity contribution in [3.8, 4) is 0 Å². The summed E-state index contributed by atoms with van der Waals surface area (Å²) < 4.78 is 0. The van der Waals surface area contributed by atoms with Gasteiger partial charge in [-0.05, 0) is 42.5 Å². The molecule has 0 radical (unpaired) electrons. The van der Waals surface area contributed by atoms with Crippen LogP contribution in [0, 0.1) is 5.92 Å². The number of halogens is 3. The van der Waals surface area contributed by atoms with E-state index in [1.54, 1.807) is 12.1 Å². The number of benzene rings is 1. The predicted octanol–water partition coefficient (Wildman–Crippen LogP) is 4.74. The molecule has 0 saturated carbocycles. The standard InChI is InChI=1S/C12H16Cl3N/c1-7(5-6-16)8(2)11-9(13)3-4-10(14)12(11)15/h3-4,7-8H,5-6,16H2,1-2H3. The van der Waals surface area contributed by atoms with Gasteiger partial charge in [0, 0.05) is 5.02 Å². The van der Waals surface area contributed by atoms with E-state index in [1.807, 2.05) is 0 Å². The molecular weight excluding hydrogens is 264 g/mol. The normalized spacial score (nSPS) is 14.9. The van der Waals surface area contributed by atoms with Crippen LogP contribution < -0.4 is 5.73 Å². The molecule has 2 unspecified atom stereocenters. The molecule has 4 heteroatoms. The second-order valence-electron chi connectivity index (χ2n) is 4.10. The number of hydrogen-bond donors (Lipinski definition) is 1. The molecule has 0 aliphatic heterocycles. The average molecular weight is 281 g/mol. The fraction of sp³-hybridized carbons (Fsp3) is 0.500. The molecular formula is C12H16Cl3N. The number of nitrogens with two attached hydrogens (primary N) is 1. The minimum absolute atomic E-state index is 0.252. The fourth-order valence-corrected chi connectivity index (χ4v) is 2.64. The Kier molecular flexibility index (Phi) is 5.39. The van der Waals surface area contributed by atoms with E-state index in [-0.39, 0.29) is 5.92 Å². The van der Waals surface area contributed by atoms with E-state index in [1.165, 1.54) is 0 Å². The highest BCUT2D eigenvalue weighted by atomic mass is 35.5. The average Bonchev–Trinajstić information content (AvgIpc) is 2.24. The SMILES string of the molecule is CC(CCN)C(C)c1c(Cl)ccc(Cl)c1Cl. The lowest BCUT2D eigenvalue weighted by Gasteiger charge is -2.22. The molecule has 1 aromatic carbocycles. The second-order valence-corrected chi connectivity index (χ2v) is 5.29. The maximum absolute atomic E-state index is 6.19. The lowest BCUT2D eigenvalue weighted by Crippen LogP contribution is -2.12. The summed E-state index contributed by atoms with van der Waals surface area (Å²) in [4.78, 5) is 0. The molecule has 0 saturated heterocycles. The van der Waals surface area contributed by atoms with Crippen LogP contribution in [0.5, 0.6) is 0 Å². The molecule has 0 fully saturated rings. The van der Waals surface area contributed by atoms with Gasteiger partial charge in [-0.25, -0.2) is 0 Å². The highest BCUT2D eigenvalue weighted by Gasteiger charge is 2.20. The van der Waals surface area contributed by atoms with Crippen molar-refractivity contribution in [3.05, 3.63) is 32.8 Å². The summed E-state index contributed by atoms with van der Waals surface area (Å²) in [5, 5.41) is 1.78. The van der Waals surface area contributed by atoms with Gasteiger partial charge < -0.3 is 5.73 Å². The van der Waals surface area contributed by atoms with Gasteiger partial charge in [-0.2, -0.15) is 0 Å². The van der Waals surface area contributed by atoms with E-state index in [0.717, 1.165) is 12.0 Å². The first-order chi connectivity index (χ1) is 7.49. The van der Waals surface area contributed by atoms with Crippen LogP contribution >= 0.6 is 34.8 Å². The second kappa shape index (κ2) is 6.11. The van der Waals surface area contributed by atoms with Gasteiger partial charge >= 0.3 is 0 Å². The Morgan fingerprint density at radius 1 is 1.12 bits per heavy atom. The molecule has 2 atom stereocenters. The van der Waals surface area contributed by atoms with Crippen LogP contribution in [0.15, 0.2) is 12.1 Å². The van der Waals surface area contributed by atoms with E-state index in [0.29, 0.717) is 27.5 Å². The third-order valence-corrected chi connectivity index (χ3v) is 4.16. The summed E-state index contributed by atoms with van der Waals surface area (Å²) in [7, 11) is 0. The first-order valence-electron chi connectivity index (χ1n) is 5.32. The third-order valence-electron chi connectivity index (χ3n) is 3.01. The molecule has 1 nitrogen and oxygen atoms in total. The molecule has 1 rings (SSSR count). The topological polar surface area (TPSA) is 26.0 Å². The monoisotopic (exact) mass is 279 g/mol. The predicted molar refractivity (Wildman–Crippen MR) is 72.7 cm³/mol. The third kappa shape index (κ3) is 3.04. The van der Waals surface area contributed by atoms with Crippen LogP contribution in [-0.2, 0) is 0 Å². The van der Waals surface area contributed by atoms with Crippen molar-refractivity contribution < 1.29 is 0 Å². The van der Waals surface area contributed by atoms with Crippen molar-refractivity contribution in [2.75, 3.05) is 6.54 Å². The molecule has 16 heavy (non-hydrogen) atoms. The molecule has 0 spiro atoms. The van der Waals surface area contributed by atoms with Crippen LogP contribution in [-0.4, -0.2) is 6.54 Å². The first-order valence-corrected chi connectivity index (χ1v) is 6.45. The Labute approximate surface area is 112 Å². The molecule has 0 heterocycles. The summed E-state index contributed by atoms with van der Waals surface area (Å²) in [6, 6.07) is 3.51. The van der Waals surface area contributed by atoms with Gasteiger partial charge in [-0.3, -0.25) is 0 Å². The van der Waals surface area contributed by atoms with E-state index >= 15 is 0 Å². The summed E-state index contributed by atoms with van der Waals surface area (Å²) >= 11 is 18.4. The molecule has 0 amide bonds. The van der Waals surface area contributed by atoms with Crippen LogP contribution in [0.3, 0.4) is 0 Å². The van der Waals surface area contributed by atoms with Gasteiger partial charge in [0.1, 0.15) is 0 Å². The van der Waals surface area contributed by atoms with Gasteiger partial charge in [0.05, 0.1) is 10.0 Å². The zero-order valence-electron chi connectivity index (χ0n) is 9.43. The molecule has 0 bridgehead atoms. The van der Waals surface area contributed by atoms with Crippen molar-refractivity contribution in [2.45, 2.75) is 26.2 Å². The van der Waals surface area contributed by atoms with Gasteiger partial charge in [0.25, 0.3) is 0 Å². The van der Waals surface area contributed by atoms with E-state index in [4.69, 9.17) is 40.5 Å². The summed E-state index contributed by atoms with van der Waals surface area (Å²) in [6.45, 7) is 4.91. The number of rotatable bonds is 4. The van der Waals surface area contributed by atoms with Gasteiger partial charge in [0.15, 0.2) is 0 Å². The van der Waals surface area contributed by atoms with Crippen molar-refractivity contribution in [3.63, 3.8) is 0 Å². The van der Waals surface area contributed by atoms with E-state index in [9.17, 15) is 0 Å². The quantitative estimate of drug-likeness (QED) is 0.792. The Bertz CT molecular complexity index is 366. The number of hydrogen-bond acceptors (Lipinski definition) is 1. The zero-order chi connectivity index (χ0) is 12.3. The van der Waals surface area contributed by atoms with Gasteiger partial charge in [0.2, 0.25) is 0 Å². The largest absolute Gasteiger partial charge is 0.330 e. The molecule has 0 aromatic heterocycles. The van der Waals surface area contributed by atoms with Crippen molar-refractivity contribution in [2.24, 2.45) is 11.7 Å². The minimum Gasteiger partial charge on any atom is -0.330 e. The van der Waals surface area contributed by atoms with Crippen molar-refractivity contribution in [1.29, 1.82) is 0 Å². The Balaban J connectivity index is 3.07. The molecule has 90 valence electrons. The highest BCUT2D eigenvalue weighted by Crippen LogP contribution is 2.39. The van der Waals surface area contributed by atoms with Gasteiger partial charge in [-0.1, -0.05) is 48.7 Å². The highest BCUT2D eigenvalue weighted by molar-refractivity contribution is 6.44.